The zero-order valence-corrected chi connectivity index (χ0v) is 9.54. The highest BCUT2D eigenvalue weighted by Gasteiger charge is 2.08. The van der Waals surface area contributed by atoms with Crippen LogP contribution in [0.15, 0.2) is 58.8 Å². The van der Waals surface area contributed by atoms with Gasteiger partial charge in [0, 0.05) is 17.2 Å². The van der Waals surface area contributed by atoms with E-state index >= 15 is 0 Å². The van der Waals surface area contributed by atoms with Crippen LogP contribution in [0.1, 0.15) is 5.56 Å². The lowest BCUT2D eigenvalue weighted by Crippen LogP contribution is -2.03. The Morgan fingerprint density at radius 3 is 2.78 bits per heavy atom. The van der Waals surface area contributed by atoms with Crippen molar-refractivity contribution in [2.45, 2.75) is 0 Å². The average molecular weight is 237 g/mol. The SMILES string of the molecule is Oc1cccc2c(C3=NNN=CC=C3)cccc12. The molecule has 1 heterocycles. The van der Waals surface area contributed by atoms with Gasteiger partial charge in [-0.2, -0.15) is 15.7 Å². The van der Waals surface area contributed by atoms with Gasteiger partial charge < -0.3 is 5.11 Å². The van der Waals surface area contributed by atoms with Gasteiger partial charge in [-0.05, 0) is 23.6 Å². The third kappa shape index (κ3) is 1.73. The highest BCUT2D eigenvalue weighted by atomic mass is 16.3. The topological polar surface area (TPSA) is 57.0 Å². The van der Waals surface area contributed by atoms with Crippen LogP contribution in [0.3, 0.4) is 0 Å². The molecule has 0 radical (unpaired) electrons. The Hall–Kier alpha value is -2.62. The normalized spacial score (nSPS) is 14.1. The maximum absolute atomic E-state index is 9.85. The van der Waals surface area contributed by atoms with Crippen molar-refractivity contribution in [3.8, 4) is 5.75 Å². The van der Waals surface area contributed by atoms with Gasteiger partial charge in [0.05, 0.1) is 5.71 Å². The molecule has 2 aromatic rings. The maximum atomic E-state index is 9.85. The second-order valence-electron chi connectivity index (χ2n) is 3.91. The van der Waals surface area contributed by atoms with Crippen LogP contribution in [-0.4, -0.2) is 17.0 Å². The highest BCUT2D eigenvalue weighted by Crippen LogP contribution is 2.27. The lowest BCUT2D eigenvalue weighted by atomic mass is 10.00. The van der Waals surface area contributed by atoms with Gasteiger partial charge in [-0.15, -0.1) is 0 Å². The van der Waals surface area contributed by atoms with Crippen LogP contribution in [-0.2, 0) is 0 Å². The molecule has 0 saturated heterocycles. The number of hydrazone groups is 2. The smallest absolute Gasteiger partial charge is 0.123 e. The number of phenols is 1. The lowest BCUT2D eigenvalue weighted by molar-refractivity contribution is 0.481. The summed E-state index contributed by atoms with van der Waals surface area (Å²) in [6.45, 7) is 0. The van der Waals surface area contributed by atoms with Crippen molar-refractivity contribution in [2.24, 2.45) is 10.2 Å². The Bertz CT molecular complexity index is 686. The number of allylic oxidation sites excluding steroid dienone is 2. The Balaban J connectivity index is 2.24. The molecule has 0 unspecified atom stereocenters. The van der Waals surface area contributed by atoms with Crippen molar-refractivity contribution in [3.63, 3.8) is 0 Å². The van der Waals surface area contributed by atoms with Crippen LogP contribution in [0.4, 0.5) is 0 Å². The van der Waals surface area contributed by atoms with Gasteiger partial charge in [0.2, 0.25) is 0 Å². The van der Waals surface area contributed by atoms with Crippen LogP contribution in [0.25, 0.3) is 10.8 Å². The van der Waals surface area contributed by atoms with Gasteiger partial charge in [0.15, 0.2) is 0 Å². The molecular formula is C14H11N3O. The standard InChI is InChI=1S/C14H11N3O/c18-14-8-2-4-10-11(5-1-6-12(10)14)13-7-3-9-15-17-16-13/h1-9,17-18H. The monoisotopic (exact) mass is 237 g/mol. The predicted molar refractivity (Wildman–Crippen MR) is 72.9 cm³/mol. The lowest BCUT2D eigenvalue weighted by Gasteiger charge is -2.07. The van der Waals surface area contributed by atoms with E-state index in [2.05, 4.69) is 15.7 Å². The summed E-state index contributed by atoms with van der Waals surface area (Å²) in [4.78, 5) is 0. The molecule has 2 N–H and O–H groups in total. The van der Waals surface area contributed by atoms with E-state index in [0.717, 1.165) is 22.0 Å². The van der Waals surface area contributed by atoms with Gasteiger partial charge in [0.25, 0.3) is 0 Å². The fraction of sp³-hybridized carbons (Fsp3) is 0. The molecular weight excluding hydrogens is 226 g/mol. The molecule has 18 heavy (non-hydrogen) atoms. The summed E-state index contributed by atoms with van der Waals surface area (Å²) >= 11 is 0. The first kappa shape index (κ1) is 10.5. The van der Waals surface area contributed by atoms with Crippen LogP contribution in [0.2, 0.25) is 0 Å². The number of hydrogen-bond donors (Lipinski definition) is 2. The van der Waals surface area contributed by atoms with E-state index in [9.17, 15) is 5.11 Å². The number of benzene rings is 2. The number of fused-ring (bicyclic) bond motifs is 1. The summed E-state index contributed by atoms with van der Waals surface area (Å²) in [5, 5.41) is 19.6. The summed E-state index contributed by atoms with van der Waals surface area (Å²) in [6, 6.07) is 11.2. The molecule has 0 atom stereocenters. The van der Waals surface area contributed by atoms with Crippen molar-refractivity contribution in [3.05, 3.63) is 54.1 Å². The number of hydrogen-bond acceptors (Lipinski definition) is 4. The first-order valence-electron chi connectivity index (χ1n) is 5.60. The number of rotatable bonds is 1. The molecule has 1 aliphatic rings. The van der Waals surface area contributed by atoms with E-state index < -0.39 is 0 Å². The van der Waals surface area contributed by atoms with Crippen LogP contribution in [0, 0.1) is 0 Å². The summed E-state index contributed by atoms with van der Waals surface area (Å²) in [6.07, 6.45) is 5.34. The van der Waals surface area contributed by atoms with Crippen LogP contribution >= 0.6 is 0 Å². The largest absolute Gasteiger partial charge is 0.507 e. The van der Waals surface area contributed by atoms with E-state index in [1.54, 1.807) is 12.3 Å². The molecule has 1 aliphatic heterocycles. The van der Waals surface area contributed by atoms with Crippen molar-refractivity contribution < 1.29 is 5.11 Å². The van der Waals surface area contributed by atoms with Gasteiger partial charge in [-0.3, -0.25) is 0 Å². The maximum Gasteiger partial charge on any atom is 0.123 e. The minimum Gasteiger partial charge on any atom is -0.507 e. The molecule has 4 heteroatoms. The number of phenolic OH excluding ortho intramolecular Hbond substituents is 1. The fourth-order valence-electron chi connectivity index (χ4n) is 2.00. The fourth-order valence-corrected chi connectivity index (χ4v) is 2.00. The van der Waals surface area contributed by atoms with E-state index in [4.69, 9.17) is 0 Å². The summed E-state index contributed by atoms with van der Waals surface area (Å²) in [5.74, 6) is 0.275. The van der Waals surface area contributed by atoms with Gasteiger partial charge in [-0.25, -0.2) is 0 Å². The zero-order valence-electron chi connectivity index (χ0n) is 9.54. The third-order valence-corrected chi connectivity index (χ3v) is 2.82. The zero-order chi connectivity index (χ0) is 12.4. The summed E-state index contributed by atoms with van der Waals surface area (Å²) in [5.41, 5.74) is 4.34. The molecule has 0 fully saturated rings. The first-order valence-corrected chi connectivity index (χ1v) is 5.60. The minimum atomic E-state index is 0.275. The number of aromatic hydroxyl groups is 1. The Morgan fingerprint density at radius 2 is 1.83 bits per heavy atom. The molecule has 2 aromatic carbocycles. The quantitative estimate of drug-likeness (QED) is 0.800. The predicted octanol–water partition coefficient (Wildman–Crippen LogP) is 2.39. The van der Waals surface area contributed by atoms with E-state index in [1.807, 2.05) is 42.5 Å². The summed E-state index contributed by atoms with van der Waals surface area (Å²) < 4.78 is 0. The van der Waals surface area contributed by atoms with Crippen LogP contribution in [0.5, 0.6) is 5.75 Å². The molecule has 0 aromatic heterocycles. The molecule has 0 aliphatic carbocycles. The molecule has 0 amide bonds. The van der Waals surface area contributed by atoms with Gasteiger partial charge >= 0.3 is 0 Å². The Kier molecular flexibility index (Phi) is 2.53. The minimum absolute atomic E-state index is 0.275. The van der Waals surface area contributed by atoms with Crippen LogP contribution < -0.4 is 5.53 Å². The summed E-state index contributed by atoms with van der Waals surface area (Å²) in [7, 11) is 0. The molecule has 4 nitrogen and oxygen atoms in total. The van der Waals surface area contributed by atoms with Gasteiger partial charge in [-0.1, -0.05) is 30.3 Å². The van der Waals surface area contributed by atoms with Crippen molar-refractivity contribution in [2.75, 3.05) is 0 Å². The van der Waals surface area contributed by atoms with Gasteiger partial charge in [0.1, 0.15) is 5.75 Å². The molecule has 0 saturated carbocycles. The van der Waals surface area contributed by atoms with E-state index in [0.29, 0.717) is 0 Å². The number of nitrogens with one attached hydrogen (secondary N) is 1. The van der Waals surface area contributed by atoms with Crippen molar-refractivity contribution >= 4 is 22.7 Å². The van der Waals surface area contributed by atoms with Crippen molar-refractivity contribution in [1.82, 2.24) is 5.53 Å². The second kappa shape index (κ2) is 4.33. The highest BCUT2D eigenvalue weighted by molar-refractivity contribution is 6.17. The molecule has 0 bridgehead atoms. The Morgan fingerprint density at radius 1 is 1.00 bits per heavy atom. The second-order valence-corrected chi connectivity index (χ2v) is 3.91. The Labute approximate surface area is 104 Å². The van der Waals surface area contributed by atoms with Crippen molar-refractivity contribution in [1.29, 1.82) is 0 Å². The third-order valence-electron chi connectivity index (χ3n) is 2.82. The average Bonchev–Trinajstić information content (AvgIpc) is 2.67. The number of nitrogens with zero attached hydrogens (tertiary/aromatic N) is 2. The molecule has 88 valence electrons. The first-order chi connectivity index (χ1) is 8.86. The van der Waals surface area contributed by atoms with E-state index in [-0.39, 0.29) is 5.75 Å². The van der Waals surface area contributed by atoms with E-state index in [1.165, 1.54) is 0 Å². The molecule has 0 spiro atoms. The molecule has 3 rings (SSSR count).